The summed E-state index contributed by atoms with van der Waals surface area (Å²) in [4.78, 5) is 0. The van der Waals surface area contributed by atoms with Crippen LogP contribution >= 0.6 is 0 Å². The van der Waals surface area contributed by atoms with E-state index in [1.54, 1.807) is 0 Å². The van der Waals surface area contributed by atoms with Gasteiger partial charge in [-0.15, -0.1) is 0 Å². The van der Waals surface area contributed by atoms with Gasteiger partial charge in [-0.2, -0.15) is 10.2 Å². The van der Waals surface area contributed by atoms with Crippen LogP contribution in [0.25, 0.3) is 0 Å². The highest BCUT2D eigenvalue weighted by Gasteiger charge is 2.15. The number of hydrogen-bond acceptors (Lipinski definition) is 2. The molecular formula is C9H16N2. The Bertz CT molecular complexity index is 182. The van der Waals surface area contributed by atoms with Crippen LogP contribution in [-0.2, 0) is 0 Å². The average molecular weight is 152 g/mol. The fourth-order valence-corrected chi connectivity index (χ4v) is 0.744. The van der Waals surface area contributed by atoms with Gasteiger partial charge in [0.2, 0.25) is 0 Å². The van der Waals surface area contributed by atoms with Crippen LogP contribution < -0.4 is 0 Å². The van der Waals surface area contributed by atoms with Crippen LogP contribution in [0.5, 0.6) is 0 Å². The van der Waals surface area contributed by atoms with E-state index in [2.05, 4.69) is 37.6 Å². The van der Waals surface area contributed by atoms with Crippen molar-refractivity contribution in [2.75, 3.05) is 0 Å². The minimum atomic E-state index is 0.0707. The number of azo groups is 1. The normalized spacial score (nSPS) is 14.0. The molecule has 0 bridgehead atoms. The summed E-state index contributed by atoms with van der Waals surface area (Å²) in [6, 6.07) is 0. The molecule has 0 radical (unpaired) electrons. The topological polar surface area (TPSA) is 24.7 Å². The maximum Gasteiger partial charge on any atom is 0.0641 e. The van der Waals surface area contributed by atoms with Crippen molar-refractivity contribution in [2.24, 2.45) is 15.6 Å². The summed E-state index contributed by atoms with van der Waals surface area (Å²) < 4.78 is 0. The molecule has 0 aromatic carbocycles. The molecule has 0 amide bonds. The maximum atomic E-state index is 4.00. The van der Waals surface area contributed by atoms with Gasteiger partial charge in [0.15, 0.2) is 0 Å². The van der Waals surface area contributed by atoms with Crippen LogP contribution in [0.3, 0.4) is 0 Å². The summed E-state index contributed by atoms with van der Waals surface area (Å²) in [6.45, 7) is 11.7. The van der Waals surface area contributed by atoms with Crippen LogP contribution in [0.15, 0.2) is 34.8 Å². The molecule has 0 saturated heterocycles. The van der Waals surface area contributed by atoms with Gasteiger partial charge < -0.3 is 0 Å². The quantitative estimate of drug-likeness (QED) is 0.541. The second kappa shape index (κ2) is 4.06. The Morgan fingerprint density at radius 3 is 2.18 bits per heavy atom. The van der Waals surface area contributed by atoms with Crippen LogP contribution in [0.2, 0.25) is 0 Å². The fourth-order valence-electron chi connectivity index (χ4n) is 0.744. The van der Waals surface area contributed by atoms with Gasteiger partial charge in [0.05, 0.1) is 5.70 Å². The van der Waals surface area contributed by atoms with Crippen molar-refractivity contribution in [2.45, 2.75) is 27.7 Å². The zero-order valence-electron chi connectivity index (χ0n) is 7.76. The van der Waals surface area contributed by atoms with E-state index in [0.29, 0.717) is 0 Å². The number of allylic oxidation sites excluding steroid dienone is 2. The Labute approximate surface area is 68.7 Å². The number of hydrogen-bond donors (Lipinski definition) is 0. The summed E-state index contributed by atoms with van der Waals surface area (Å²) in [6.07, 6.45) is 3.40. The highest BCUT2D eigenvalue weighted by atomic mass is 15.1. The Morgan fingerprint density at radius 2 is 1.91 bits per heavy atom. The van der Waals surface area contributed by atoms with Crippen LogP contribution in [0.1, 0.15) is 27.7 Å². The predicted octanol–water partition coefficient (Wildman–Crippen LogP) is 3.53. The monoisotopic (exact) mass is 152 g/mol. The minimum Gasteiger partial charge on any atom is -0.160 e. The lowest BCUT2D eigenvalue weighted by atomic mass is 9.92. The van der Waals surface area contributed by atoms with E-state index >= 15 is 0 Å². The van der Waals surface area contributed by atoms with Crippen molar-refractivity contribution >= 4 is 0 Å². The molecule has 2 heteroatoms. The molecule has 0 aliphatic heterocycles. The molecule has 0 aliphatic carbocycles. The molecule has 11 heavy (non-hydrogen) atoms. The first kappa shape index (κ1) is 10.1. The summed E-state index contributed by atoms with van der Waals surface area (Å²) in [5.41, 5.74) is 1.05. The Hall–Kier alpha value is -0.920. The van der Waals surface area contributed by atoms with E-state index in [9.17, 15) is 0 Å². The van der Waals surface area contributed by atoms with Gasteiger partial charge in [-0.25, -0.2) is 0 Å². The molecule has 0 fully saturated rings. The highest BCUT2D eigenvalue weighted by Crippen LogP contribution is 2.25. The molecule has 0 aromatic heterocycles. The second-order valence-electron chi connectivity index (χ2n) is 3.32. The SMILES string of the molecule is C=C/N=N\C(=C/C)C(C)(C)C. The third-order valence-corrected chi connectivity index (χ3v) is 1.29. The third kappa shape index (κ3) is 3.71. The molecule has 0 unspecified atom stereocenters. The van der Waals surface area contributed by atoms with Crippen molar-refractivity contribution in [1.29, 1.82) is 0 Å². The zero-order valence-corrected chi connectivity index (χ0v) is 7.76. The average Bonchev–Trinajstić information content (AvgIpc) is 1.87. The molecule has 0 heterocycles. The van der Waals surface area contributed by atoms with E-state index in [1.165, 1.54) is 6.20 Å². The predicted molar refractivity (Wildman–Crippen MR) is 48.3 cm³/mol. The van der Waals surface area contributed by atoms with Gasteiger partial charge >= 0.3 is 0 Å². The van der Waals surface area contributed by atoms with E-state index in [1.807, 2.05) is 13.0 Å². The van der Waals surface area contributed by atoms with E-state index < -0.39 is 0 Å². The molecule has 0 spiro atoms. The first-order valence-electron chi connectivity index (χ1n) is 3.71. The molecule has 62 valence electrons. The number of rotatable bonds is 2. The van der Waals surface area contributed by atoms with E-state index in [0.717, 1.165) is 5.70 Å². The van der Waals surface area contributed by atoms with Gasteiger partial charge in [0.1, 0.15) is 0 Å². The van der Waals surface area contributed by atoms with Crippen molar-refractivity contribution < 1.29 is 0 Å². The molecule has 0 saturated carbocycles. The minimum absolute atomic E-state index is 0.0707. The fraction of sp³-hybridized carbons (Fsp3) is 0.556. The van der Waals surface area contributed by atoms with Gasteiger partial charge in [-0.3, -0.25) is 0 Å². The first-order chi connectivity index (χ1) is 5.02. The van der Waals surface area contributed by atoms with E-state index in [4.69, 9.17) is 0 Å². The molecule has 0 aliphatic rings. The van der Waals surface area contributed by atoms with Gasteiger partial charge in [-0.05, 0) is 6.92 Å². The summed E-state index contributed by atoms with van der Waals surface area (Å²) >= 11 is 0. The Kier molecular flexibility index (Phi) is 3.72. The molecule has 0 N–H and O–H groups in total. The van der Waals surface area contributed by atoms with Gasteiger partial charge in [0, 0.05) is 11.6 Å². The van der Waals surface area contributed by atoms with Crippen molar-refractivity contribution in [1.82, 2.24) is 0 Å². The lowest BCUT2D eigenvalue weighted by Crippen LogP contribution is -2.06. The summed E-state index contributed by atoms with van der Waals surface area (Å²) in [5.74, 6) is 0. The molecule has 0 aromatic rings. The Morgan fingerprint density at radius 1 is 1.36 bits per heavy atom. The lowest BCUT2D eigenvalue weighted by molar-refractivity contribution is 0.491. The molecular weight excluding hydrogens is 136 g/mol. The summed E-state index contributed by atoms with van der Waals surface area (Å²) in [5, 5.41) is 7.73. The largest absolute Gasteiger partial charge is 0.160 e. The summed E-state index contributed by atoms with van der Waals surface area (Å²) in [7, 11) is 0. The first-order valence-corrected chi connectivity index (χ1v) is 3.71. The molecule has 0 rings (SSSR count). The molecule has 0 atom stereocenters. The smallest absolute Gasteiger partial charge is 0.0641 e. The second-order valence-corrected chi connectivity index (χ2v) is 3.32. The lowest BCUT2D eigenvalue weighted by Gasteiger charge is -2.17. The van der Waals surface area contributed by atoms with Gasteiger partial charge in [-0.1, -0.05) is 33.4 Å². The number of nitrogens with zero attached hydrogens (tertiary/aromatic N) is 2. The van der Waals surface area contributed by atoms with Crippen molar-refractivity contribution in [3.63, 3.8) is 0 Å². The van der Waals surface area contributed by atoms with Gasteiger partial charge in [0.25, 0.3) is 0 Å². The third-order valence-electron chi connectivity index (χ3n) is 1.29. The van der Waals surface area contributed by atoms with Crippen LogP contribution in [-0.4, -0.2) is 0 Å². The van der Waals surface area contributed by atoms with E-state index in [-0.39, 0.29) is 5.41 Å². The van der Waals surface area contributed by atoms with Crippen LogP contribution in [0.4, 0.5) is 0 Å². The molecule has 2 nitrogen and oxygen atoms in total. The standard InChI is InChI=1S/C9H16N2/c1-6-8(9(3,4)5)11-10-7-2/h6-7H,2H2,1,3-5H3/b8-6-,11-10-. The van der Waals surface area contributed by atoms with Crippen LogP contribution in [0, 0.1) is 5.41 Å². The zero-order chi connectivity index (χ0) is 8.91. The van der Waals surface area contributed by atoms with Crippen molar-refractivity contribution in [3.8, 4) is 0 Å². The maximum absolute atomic E-state index is 4.00. The highest BCUT2D eigenvalue weighted by molar-refractivity contribution is 5.06. The Balaban J connectivity index is 4.45. The van der Waals surface area contributed by atoms with Crippen molar-refractivity contribution in [3.05, 3.63) is 24.6 Å².